The molecule has 3 rings (SSSR count). The van der Waals surface area contributed by atoms with E-state index >= 15 is 0 Å². The Labute approximate surface area is 160 Å². The minimum absolute atomic E-state index is 0.144. The second kappa shape index (κ2) is 9.53. The number of carbonyl (C=O) groups is 1. The number of aromatic nitrogens is 2. The number of morpholine rings is 1. The van der Waals surface area contributed by atoms with Crippen molar-refractivity contribution in [3.8, 4) is 5.69 Å². The van der Waals surface area contributed by atoms with E-state index in [4.69, 9.17) is 4.74 Å². The van der Waals surface area contributed by atoms with Gasteiger partial charge in [0.25, 0.3) is 0 Å². The van der Waals surface area contributed by atoms with Gasteiger partial charge in [0.1, 0.15) is 0 Å². The van der Waals surface area contributed by atoms with Crippen molar-refractivity contribution in [1.82, 2.24) is 25.1 Å². The molecule has 7 heteroatoms. The Kier molecular flexibility index (Phi) is 6.84. The first-order valence-corrected chi connectivity index (χ1v) is 9.55. The Morgan fingerprint density at radius 3 is 2.70 bits per heavy atom. The average molecular weight is 371 g/mol. The molecule has 0 aliphatic carbocycles. The lowest BCUT2D eigenvalue weighted by Crippen LogP contribution is -2.52. The number of ether oxygens (including phenoxy) is 1. The summed E-state index contributed by atoms with van der Waals surface area (Å²) in [6.07, 6.45) is 5.40. The first-order chi connectivity index (χ1) is 13.1. The first-order valence-electron chi connectivity index (χ1n) is 9.55. The van der Waals surface area contributed by atoms with Crippen molar-refractivity contribution in [2.24, 2.45) is 5.92 Å². The van der Waals surface area contributed by atoms with E-state index in [9.17, 15) is 4.79 Å². The van der Waals surface area contributed by atoms with Gasteiger partial charge in [-0.2, -0.15) is 0 Å². The quantitative estimate of drug-likeness (QED) is 0.781. The molecule has 1 fully saturated rings. The van der Waals surface area contributed by atoms with Gasteiger partial charge in [0.05, 0.1) is 25.2 Å². The molecule has 146 valence electrons. The summed E-state index contributed by atoms with van der Waals surface area (Å²) in [5.41, 5.74) is 2.06. The van der Waals surface area contributed by atoms with Crippen molar-refractivity contribution in [3.63, 3.8) is 0 Å². The van der Waals surface area contributed by atoms with Gasteiger partial charge in [0, 0.05) is 44.6 Å². The number of hydrogen-bond acceptors (Lipinski definition) is 4. The van der Waals surface area contributed by atoms with Crippen LogP contribution in [0.15, 0.2) is 43.0 Å². The van der Waals surface area contributed by atoms with Crippen molar-refractivity contribution in [1.29, 1.82) is 0 Å². The van der Waals surface area contributed by atoms with Gasteiger partial charge in [-0.1, -0.05) is 32.0 Å². The molecule has 1 aliphatic rings. The lowest BCUT2D eigenvalue weighted by atomic mass is 10.0. The molecule has 27 heavy (non-hydrogen) atoms. The molecule has 1 saturated heterocycles. The maximum Gasteiger partial charge on any atom is 0.315 e. The van der Waals surface area contributed by atoms with Crippen LogP contribution in [0.2, 0.25) is 0 Å². The standard InChI is InChI=1S/C20H29N5O2/c1-16(2)19(24-9-11-27-12-10-24)14-23-20(26)22-13-17-5-3-4-6-18(17)25-8-7-21-15-25/h3-8,15-16,19H,9-14H2,1-2H3,(H2,22,23,26). The van der Waals surface area contributed by atoms with Gasteiger partial charge in [-0.15, -0.1) is 0 Å². The fourth-order valence-corrected chi connectivity index (χ4v) is 3.44. The number of hydrogen-bond donors (Lipinski definition) is 2. The van der Waals surface area contributed by atoms with E-state index < -0.39 is 0 Å². The van der Waals surface area contributed by atoms with E-state index in [2.05, 4.69) is 34.4 Å². The number of nitrogens with one attached hydrogen (secondary N) is 2. The predicted molar refractivity (Wildman–Crippen MR) is 105 cm³/mol. The Bertz CT molecular complexity index is 711. The lowest BCUT2D eigenvalue weighted by Gasteiger charge is -2.36. The summed E-state index contributed by atoms with van der Waals surface area (Å²) >= 11 is 0. The molecular formula is C20H29N5O2. The SMILES string of the molecule is CC(C)C(CNC(=O)NCc1ccccc1-n1ccnc1)N1CCOCC1. The third kappa shape index (κ3) is 5.30. The van der Waals surface area contributed by atoms with Gasteiger partial charge < -0.3 is 19.9 Å². The summed E-state index contributed by atoms with van der Waals surface area (Å²) in [5, 5.41) is 6.01. The van der Waals surface area contributed by atoms with Crippen LogP contribution in [-0.2, 0) is 11.3 Å². The monoisotopic (exact) mass is 371 g/mol. The summed E-state index contributed by atoms with van der Waals surface area (Å²) in [4.78, 5) is 18.8. The highest BCUT2D eigenvalue weighted by Gasteiger charge is 2.24. The van der Waals surface area contributed by atoms with Gasteiger partial charge in [0.2, 0.25) is 0 Å². The van der Waals surface area contributed by atoms with Gasteiger partial charge in [0.15, 0.2) is 0 Å². The topological polar surface area (TPSA) is 71.4 Å². The van der Waals surface area contributed by atoms with Crippen molar-refractivity contribution < 1.29 is 9.53 Å². The molecule has 0 radical (unpaired) electrons. The summed E-state index contributed by atoms with van der Waals surface area (Å²) in [6.45, 7) is 8.86. The molecule has 2 aromatic rings. The number of nitrogens with zero attached hydrogens (tertiary/aromatic N) is 3. The zero-order valence-electron chi connectivity index (χ0n) is 16.1. The molecule has 1 atom stereocenters. The molecule has 1 aliphatic heterocycles. The average Bonchev–Trinajstić information content (AvgIpc) is 3.22. The number of benzene rings is 1. The number of rotatable bonds is 7. The van der Waals surface area contributed by atoms with Crippen LogP contribution in [0.4, 0.5) is 4.79 Å². The molecular weight excluding hydrogens is 342 g/mol. The van der Waals surface area contributed by atoms with Crippen LogP contribution in [0.25, 0.3) is 5.69 Å². The molecule has 1 aromatic heterocycles. The fraction of sp³-hybridized carbons (Fsp3) is 0.500. The predicted octanol–water partition coefficient (Wildman–Crippen LogP) is 2.03. The Hall–Kier alpha value is -2.38. The number of urea groups is 1. The van der Waals surface area contributed by atoms with Crippen LogP contribution in [0.3, 0.4) is 0 Å². The van der Waals surface area contributed by atoms with Crippen LogP contribution in [0.5, 0.6) is 0 Å². The van der Waals surface area contributed by atoms with Crippen LogP contribution < -0.4 is 10.6 Å². The second-order valence-electron chi connectivity index (χ2n) is 7.12. The third-order valence-corrected chi connectivity index (χ3v) is 4.97. The summed E-state index contributed by atoms with van der Waals surface area (Å²) in [6, 6.07) is 8.16. The zero-order chi connectivity index (χ0) is 19.1. The molecule has 0 bridgehead atoms. The van der Waals surface area contributed by atoms with Crippen molar-refractivity contribution >= 4 is 6.03 Å². The number of para-hydroxylation sites is 1. The largest absolute Gasteiger partial charge is 0.379 e. The molecule has 1 unspecified atom stereocenters. The van der Waals surface area contributed by atoms with Crippen LogP contribution in [0.1, 0.15) is 19.4 Å². The smallest absolute Gasteiger partial charge is 0.315 e. The third-order valence-electron chi connectivity index (χ3n) is 4.97. The van der Waals surface area contributed by atoms with E-state index in [1.54, 1.807) is 12.5 Å². The zero-order valence-corrected chi connectivity index (χ0v) is 16.1. The first kappa shape index (κ1) is 19.4. The van der Waals surface area contributed by atoms with Crippen molar-refractivity contribution in [2.75, 3.05) is 32.8 Å². The highest BCUT2D eigenvalue weighted by atomic mass is 16.5. The van der Waals surface area contributed by atoms with Crippen LogP contribution in [-0.4, -0.2) is 59.4 Å². The van der Waals surface area contributed by atoms with E-state index in [1.807, 2.05) is 35.0 Å². The normalized spacial score (nSPS) is 16.3. The van der Waals surface area contributed by atoms with Gasteiger partial charge in [-0.3, -0.25) is 4.90 Å². The second-order valence-corrected chi connectivity index (χ2v) is 7.12. The molecule has 2 heterocycles. The highest BCUT2D eigenvalue weighted by Crippen LogP contribution is 2.14. The maximum absolute atomic E-state index is 12.3. The van der Waals surface area contributed by atoms with Gasteiger partial charge >= 0.3 is 6.03 Å². The highest BCUT2D eigenvalue weighted by molar-refractivity contribution is 5.74. The van der Waals surface area contributed by atoms with Crippen molar-refractivity contribution in [3.05, 3.63) is 48.5 Å². The van der Waals surface area contributed by atoms with Crippen molar-refractivity contribution in [2.45, 2.75) is 26.4 Å². The molecule has 0 saturated carbocycles. The summed E-state index contributed by atoms with van der Waals surface area (Å²) in [5.74, 6) is 0.463. The lowest BCUT2D eigenvalue weighted by molar-refractivity contribution is 0.00719. The Balaban J connectivity index is 1.52. The minimum atomic E-state index is -0.144. The van der Waals surface area contributed by atoms with Crippen LogP contribution >= 0.6 is 0 Å². The Morgan fingerprint density at radius 1 is 1.22 bits per heavy atom. The summed E-state index contributed by atoms with van der Waals surface area (Å²) < 4.78 is 7.38. The number of amides is 2. The van der Waals surface area contributed by atoms with Crippen LogP contribution in [0, 0.1) is 5.92 Å². The van der Waals surface area contributed by atoms with Gasteiger partial charge in [-0.25, -0.2) is 9.78 Å². The van der Waals surface area contributed by atoms with E-state index in [0.29, 0.717) is 25.0 Å². The molecule has 1 aromatic carbocycles. The Morgan fingerprint density at radius 2 is 2.00 bits per heavy atom. The molecule has 0 spiro atoms. The summed E-state index contributed by atoms with van der Waals surface area (Å²) in [7, 11) is 0. The molecule has 2 amide bonds. The number of carbonyl (C=O) groups excluding carboxylic acids is 1. The molecule has 2 N–H and O–H groups in total. The maximum atomic E-state index is 12.3. The number of imidazole rings is 1. The van der Waals surface area contributed by atoms with E-state index in [1.165, 1.54) is 0 Å². The van der Waals surface area contributed by atoms with E-state index in [0.717, 1.165) is 37.6 Å². The van der Waals surface area contributed by atoms with Gasteiger partial charge in [-0.05, 0) is 17.5 Å². The molecule has 7 nitrogen and oxygen atoms in total. The van der Waals surface area contributed by atoms with E-state index in [-0.39, 0.29) is 6.03 Å². The minimum Gasteiger partial charge on any atom is -0.379 e. The fourth-order valence-electron chi connectivity index (χ4n) is 3.44.